The number of hydrogen-bond acceptors (Lipinski definition) is 2. The third kappa shape index (κ3) is 3.31. The van der Waals surface area contributed by atoms with Crippen LogP contribution in [0.5, 0.6) is 0 Å². The number of rotatable bonds is 5. The van der Waals surface area contributed by atoms with E-state index in [1.807, 2.05) is 11.7 Å². The van der Waals surface area contributed by atoms with Gasteiger partial charge in [-0.1, -0.05) is 18.5 Å². The van der Waals surface area contributed by atoms with Gasteiger partial charge in [0.2, 0.25) is 5.92 Å². The van der Waals surface area contributed by atoms with Crippen LogP contribution in [-0.2, 0) is 6.54 Å². The molecule has 0 aromatic carbocycles. The van der Waals surface area contributed by atoms with E-state index in [9.17, 15) is 8.78 Å². The molecule has 0 radical (unpaired) electrons. The largest absolute Gasteiger partial charge is 0.311 e. The number of nitrogens with zero attached hydrogens (tertiary/aromatic N) is 2. The van der Waals surface area contributed by atoms with Crippen LogP contribution in [0.3, 0.4) is 0 Å². The molecule has 0 bridgehead atoms. The molecule has 3 nitrogen and oxygen atoms in total. The lowest BCUT2D eigenvalue weighted by Gasteiger charge is -2.34. The Labute approximate surface area is 123 Å². The molecule has 1 atom stereocenters. The van der Waals surface area contributed by atoms with Crippen LogP contribution in [0.25, 0.3) is 0 Å². The molecule has 0 aliphatic heterocycles. The molecule has 1 heterocycles. The van der Waals surface area contributed by atoms with Crippen LogP contribution >= 0.6 is 11.6 Å². The van der Waals surface area contributed by atoms with Crippen molar-refractivity contribution in [3.8, 4) is 0 Å². The third-order valence-corrected chi connectivity index (χ3v) is 4.40. The molecule has 0 spiro atoms. The summed E-state index contributed by atoms with van der Waals surface area (Å²) in [6.07, 6.45) is 3.58. The van der Waals surface area contributed by atoms with Crippen LogP contribution < -0.4 is 5.32 Å². The summed E-state index contributed by atoms with van der Waals surface area (Å²) in [5.74, 6) is -2.31. The van der Waals surface area contributed by atoms with E-state index in [0.717, 1.165) is 18.7 Å². The molecule has 114 valence electrons. The van der Waals surface area contributed by atoms with E-state index in [4.69, 9.17) is 11.6 Å². The summed E-state index contributed by atoms with van der Waals surface area (Å²) in [6.45, 7) is 2.87. The molecule has 1 aliphatic rings. The van der Waals surface area contributed by atoms with Crippen molar-refractivity contribution in [2.75, 3.05) is 7.05 Å². The maximum atomic E-state index is 13.3. The van der Waals surface area contributed by atoms with E-state index in [1.165, 1.54) is 0 Å². The van der Waals surface area contributed by atoms with Crippen LogP contribution in [0, 0.1) is 5.92 Å². The summed E-state index contributed by atoms with van der Waals surface area (Å²) in [7, 11) is 1.86. The number of alkyl halides is 2. The Morgan fingerprint density at radius 3 is 2.70 bits per heavy atom. The van der Waals surface area contributed by atoms with E-state index >= 15 is 0 Å². The monoisotopic (exact) mass is 305 g/mol. The van der Waals surface area contributed by atoms with Crippen LogP contribution in [0.2, 0.25) is 5.02 Å². The van der Waals surface area contributed by atoms with Crippen molar-refractivity contribution in [1.29, 1.82) is 0 Å². The Bertz CT molecular complexity index is 438. The summed E-state index contributed by atoms with van der Waals surface area (Å²) in [4.78, 5) is 0. The number of aryl methyl sites for hydroxylation is 1. The minimum Gasteiger partial charge on any atom is -0.311 e. The second kappa shape index (κ2) is 6.39. The first-order valence-electron chi connectivity index (χ1n) is 7.25. The molecular formula is C14H22ClF2N3. The quantitative estimate of drug-likeness (QED) is 0.890. The highest BCUT2D eigenvalue weighted by molar-refractivity contribution is 6.31. The SMILES string of the molecule is CCCn1ncc(Cl)c1C(NC)C1CCC(F)(F)CC1. The second-order valence-corrected chi connectivity index (χ2v) is 5.97. The highest BCUT2D eigenvalue weighted by atomic mass is 35.5. The lowest BCUT2D eigenvalue weighted by atomic mass is 9.81. The Hall–Kier alpha value is -0.680. The molecule has 1 saturated carbocycles. The highest BCUT2D eigenvalue weighted by Crippen LogP contribution is 2.42. The number of aromatic nitrogens is 2. The van der Waals surface area contributed by atoms with Crippen molar-refractivity contribution in [2.45, 2.75) is 57.5 Å². The number of nitrogens with one attached hydrogen (secondary N) is 1. The Morgan fingerprint density at radius 1 is 1.50 bits per heavy atom. The molecule has 1 fully saturated rings. The zero-order valence-corrected chi connectivity index (χ0v) is 12.8. The smallest absolute Gasteiger partial charge is 0.248 e. The van der Waals surface area contributed by atoms with E-state index in [0.29, 0.717) is 17.9 Å². The molecule has 20 heavy (non-hydrogen) atoms. The zero-order chi connectivity index (χ0) is 14.8. The fourth-order valence-corrected chi connectivity index (χ4v) is 3.32. The minimum absolute atomic E-state index is 0.00681. The van der Waals surface area contributed by atoms with E-state index in [-0.39, 0.29) is 24.8 Å². The normalized spacial score (nSPS) is 21.1. The zero-order valence-electron chi connectivity index (χ0n) is 12.0. The lowest BCUT2D eigenvalue weighted by Crippen LogP contribution is -2.34. The molecule has 6 heteroatoms. The highest BCUT2D eigenvalue weighted by Gasteiger charge is 2.38. The average Bonchev–Trinajstić information content (AvgIpc) is 2.75. The fourth-order valence-electron chi connectivity index (χ4n) is 3.06. The molecule has 1 aromatic heterocycles. The van der Waals surface area contributed by atoms with Crippen LogP contribution in [-0.4, -0.2) is 22.8 Å². The van der Waals surface area contributed by atoms with Gasteiger partial charge in [0.1, 0.15) is 0 Å². The van der Waals surface area contributed by atoms with Gasteiger partial charge in [0.15, 0.2) is 0 Å². The Kier molecular flexibility index (Phi) is 5.02. The van der Waals surface area contributed by atoms with Crippen molar-refractivity contribution in [1.82, 2.24) is 15.1 Å². The van der Waals surface area contributed by atoms with Gasteiger partial charge >= 0.3 is 0 Å². The first kappa shape index (κ1) is 15.7. The van der Waals surface area contributed by atoms with Crippen LogP contribution in [0.1, 0.15) is 50.8 Å². The van der Waals surface area contributed by atoms with Gasteiger partial charge in [0.25, 0.3) is 0 Å². The molecule has 0 amide bonds. The fraction of sp³-hybridized carbons (Fsp3) is 0.786. The van der Waals surface area contributed by atoms with Crippen molar-refractivity contribution in [2.24, 2.45) is 5.92 Å². The van der Waals surface area contributed by atoms with E-state index < -0.39 is 5.92 Å². The summed E-state index contributed by atoms with van der Waals surface area (Å²) in [5, 5.41) is 8.17. The van der Waals surface area contributed by atoms with Crippen LogP contribution in [0.15, 0.2) is 6.20 Å². The molecule has 1 aromatic rings. The van der Waals surface area contributed by atoms with Gasteiger partial charge in [0.05, 0.1) is 23.0 Å². The number of hydrogen-bond donors (Lipinski definition) is 1. The average molecular weight is 306 g/mol. The topological polar surface area (TPSA) is 29.9 Å². The summed E-state index contributed by atoms with van der Waals surface area (Å²) in [5.41, 5.74) is 0.936. The summed E-state index contributed by atoms with van der Waals surface area (Å²) >= 11 is 6.26. The van der Waals surface area contributed by atoms with Gasteiger partial charge in [0, 0.05) is 19.4 Å². The lowest BCUT2D eigenvalue weighted by molar-refractivity contribution is -0.0498. The van der Waals surface area contributed by atoms with Crippen molar-refractivity contribution in [3.05, 3.63) is 16.9 Å². The van der Waals surface area contributed by atoms with Gasteiger partial charge in [-0.25, -0.2) is 8.78 Å². The van der Waals surface area contributed by atoms with Crippen molar-refractivity contribution < 1.29 is 8.78 Å². The van der Waals surface area contributed by atoms with E-state index in [2.05, 4.69) is 17.3 Å². The summed E-state index contributed by atoms with van der Waals surface area (Å²) < 4.78 is 28.5. The Morgan fingerprint density at radius 2 is 2.15 bits per heavy atom. The predicted molar refractivity (Wildman–Crippen MR) is 76.2 cm³/mol. The summed E-state index contributed by atoms with van der Waals surface area (Å²) in [6, 6.07) is -0.00681. The van der Waals surface area contributed by atoms with Gasteiger partial charge in [-0.05, 0) is 32.2 Å². The second-order valence-electron chi connectivity index (χ2n) is 5.56. The maximum Gasteiger partial charge on any atom is 0.248 e. The third-order valence-electron chi connectivity index (χ3n) is 4.11. The van der Waals surface area contributed by atoms with Gasteiger partial charge in [-0.15, -0.1) is 0 Å². The predicted octanol–water partition coefficient (Wildman–Crippen LogP) is 4.03. The molecule has 1 unspecified atom stereocenters. The standard InChI is InChI=1S/C14H22ClF2N3/c1-3-8-20-13(11(15)9-19-20)12(18-2)10-4-6-14(16,17)7-5-10/h9-10,12,18H,3-8H2,1-2H3. The first-order chi connectivity index (χ1) is 9.48. The molecule has 1 aliphatic carbocycles. The first-order valence-corrected chi connectivity index (χ1v) is 7.62. The molecule has 1 N–H and O–H groups in total. The number of halogens is 3. The van der Waals surface area contributed by atoms with Crippen LogP contribution in [0.4, 0.5) is 8.78 Å². The minimum atomic E-state index is -2.50. The Balaban J connectivity index is 2.18. The van der Waals surface area contributed by atoms with Gasteiger partial charge in [-0.2, -0.15) is 5.10 Å². The van der Waals surface area contributed by atoms with Crippen molar-refractivity contribution >= 4 is 11.6 Å². The molecule has 0 saturated heterocycles. The molecular weight excluding hydrogens is 284 g/mol. The van der Waals surface area contributed by atoms with Gasteiger partial charge < -0.3 is 5.32 Å². The maximum absolute atomic E-state index is 13.3. The van der Waals surface area contributed by atoms with Crippen molar-refractivity contribution in [3.63, 3.8) is 0 Å². The molecule has 2 rings (SSSR count). The van der Waals surface area contributed by atoms with E-state index in [1.54, 1.807) is 6.20 Å². The van der Waals surface area contributed by atoms with Gasteiger partial charge in [-0.3, -0.25) is 4.68 Å².